The fourth-order valence-corrected chi connectivity index (χ4v) is 3.73. The summed E-state index contributed by atoms with van der Waals surface area (Å²) in [5.41, 5.74) is 0. The van der Waals surface area contributed by atoms with Gasteiger partial charge in [-0.15, -0.1) is 0 Å². The number of carboxylic acid groups (broad SMARTS) is 1. The molecule has 2 fully saturated rings. The predicted octanol–water partition coefficient (Wildman–Crippen LogP) is 4.31. The normalized spacial score (nSPS) is 28.7. The largest absolute Gasteiger partial charge is 0.481 e. The van der Waals surface area contributed by atoms with E-state index >= 15 is 0 Å². The number of hydrogen-bond donors (Lipinski definition) is 1. The van der Waals surface area contributed by atoms with Crippen molar-refractivity contribution in [2.24, 2.45) is 11.8 Å². The van der Waals surface area contributed by atoms with Crippen molar-refractivity contribution in [2.45, 2.75) is 89.6 Å². The van der Waals surface area contributed by atoms with Crippen molar-refractivity contribution < 1.29 is 19.4 Å². The van der Waals surface area contributed by atoms with Crippen LogP contribution < -0.4 is 0 Å². The van der Waals surface area contributed by atoms with Gasteiger partial charge in [-0.2, -0.15) is 0 Å². The zero-order valence-electron chi connectivity index (χ0n) is 13.6. The Hall–Kier alpha value is -1.06. The standard InChI is InChI=1S/C18H30O4/c19-17(20)14-10-12-15(13-11-14)18(21)22-16-8-6-4-2-1-3-5-7-9-16/h14-16H,1-13H2,(H,19,20). The van der Waals surface area contributed by atoms with Crippen LogP contribution in [0.15, 0.2) is 0 Å². The van der Waals surface area contributed by atoms with Crippen LogP contribution in [0.3, 0.4) is 0 Å². The number of esters is 1. The topological polar surface area (TPSA) is 63.6 Å². The Morgan fingerprint density at radius 1 is 0.682 bits per heavy atom. The highest BCUT2D eigenvalue weighted by Gasteiger charge is 2.31. The Kier molecular flexibility index (Phi) is 7.20. The quantitative estimate of drug-likeness (QED) is 0.789. The molecular formula is C18H30O4. The first kappa shape index (κ1) is 17.3. The summed E-state index contributed by atoms with van der Waals surface area (Å²) in [5, 5.41) is 9.02. The minimum atomic E-state index is -0.723. The van der Waals surface area contributed by atoms with Gasteiger partial charge in [-0.1, -0.05) is 32.1 Å². The van der Waals surface area contributed by atoms with Crippen molar-refractivity contribution >= 4 is 11.9 Å². The molecule has 0 aromatic carbocycles. The minimum absolute atomic E-state index is 0.0778. The number of carboxylic acids is 1. The molecule has 4 nitrogen and oxygen atoms in total. The molecule has 0 aromatic rings. The maximum absolute atomic E-state index is 12.3. The Morgan fingerprint density at radius 3 is 1.64 bits per heavy atom. The minimum Gasteiger partial charge on any atom is -0.481 e. The third-order valence-electron chi connectivity index (χ3n) is 5.24. The van der Waals surface area contributed by atoms with E-state index in [4.69, 9.17) is 9.84 Å². The zero-order valence-corrected chi connectivity index (χ0v) is 13.6. The average Bonchev–Trinajstić information content (AvgIpc) is 2.53. The molecule has 126 valence electrons. The summed E-state index contributed by atoms with van der Waals surface area (Å²) in [7, 11) is 0. The van der Waals surface area contributed by atoms with Crippen molar-refractivity contribution in [3.8, 4) is 0 Å². The molecule has 1 N–H and O–H groups in total. The fourth-order valence-electron chi connectivity index (χ4n) is 3.73. The van der Waals surface area contributed by atoms with Crippen LogP contribution in [-0.4, -0.2) is 23.1 Å². The van der Waals surface area contributed by atoms with Gasteiger partial charge in [0.1, 0.15) is 6.10 Å². The lowest BCUT2D eigenvalue weighted by molar-refractivity contribution is -0.158. The third kappa shape index (κ3) is 5.62. The molecule has 2 rings (SSSR count). The summed E-state index contributed by atoms with van der Waals surface area (Å²) < 4.78 is 5.77. The van der Waals surface area contributed by atoms with Gasteiger partial charge < -0.3 is 9.84 Å². The molecule has 2 saturated carbocycles. The van der Waals surface area contributed by atoms with E-state index in [1.54, 1.807) is 0 Å². The van der Waals surface area contributed by atoms with E-state index in [9.17, 15) is 9.59 Å². The first-order chi connectivity index (χ1) is 10.7. The van der Waals surface area contributed by atoms with Gasteiger partial charge in [-0.05, 0) is 51.4 Å². The van der Waals surface area contributed by atoms with Crippen LogP contribution in [0.25, 0.3) is 0 Å². The molecule has 22 heavy (non-hydrogen) atoms. The van der Waals surface area contributed by atoms with Crippen molar-refractivity contribution in [1.82, 2.24) is 0 Å². The molecule has 0 bridgehead atoms. The molecule has 2 aliphatic carbocycles. The second-order valence-electron chi connectivity index (χ2n) is 7.00. The first-order valence-electron chi connectivity index (χ1n) is 9.10. The number of ether oxygens (including phenoxy) is 1. The molecule has 0 radical (unpaired) electrons. The Labute approximate surface area is 133 Å². The smallest absolute Gasteiger partial charge is 0.309 e. The number of carbonyl (C=O) groups is 2. The van der Waals surface area contributed by atoms with E-state index in [2.05, 4.69) is 0 Å². The highest BCUT2D eigenvalue weighted by molar-refractivity contribution is 5.74. The Balaban J connectivity index is 1.75. The van der Waals surface area contributed by atoms with Crippen molar-refractivity contribution in [3.05, 3.63) is 0 Å². The maximum atomic E-state index is 12.3. The summed E-state index contributed by atoms with van der Waals surface area (Å²) in [5.74, 6) is -1.14. The molecule has 0 unspecified atom stereocenters. The molecule has 0 atom stereocenters. The summed E-state index contributed by atoms with van der Waals surface area (Å²) >= 11 is 0. The van der Waals surface area contributed by atoms with Gasteiger partial charge in [0.25, 0.3) is 0 Å². The second kappa shape index (κ2) is 9.16. The van der Waals surface area contributed by atoms with Gasteiger partial charge in [0, 0.05) is 0 Å². The van der Waals surface area contributed by atoms with Crippen molar-refractivity contribution in [1.29, 1.82) is 0 Å². The summed E-state index contributed by atoms with van der Waals surface area (Å²) in [6.45, 7) is 0. The van der Waals surface area contributed by atoms with Crippen LogP contribution >= 0.6 is 0 Å². The molecule has 0 heterocycles. The van der Waals surface area contributed by atoms with Crippen molar-refractivity contribution in [2.75, 3.05) is 0 Å². The molecule has 4 heteroatoms. The van der Waals surface area contributed by atoms with Gasteiger partial charge in [0.2, 0.25) is 0 Å². The van der Waals surface area contributed by atoms with Gasteiger partial charge >= 0.3 is 11.9 Å². The van der Waals surface area contributed by atoms with Crippen LogP contribution in [0.4, 0.5) is 0 Å². The highest BCUT2D eigenvalue weighted by Crippen LogP contribution is 2.30. The van der Waals surface area contributed by atoms with E-state index in [1.165, 1.54) is 32.1 Å². The van der Waals surface area contributed by atoms with Crippen LogP contribution in [-0.2, 0) is 14.3 Å². The van der Waals surface area contributed by atoms with Crippen LogP contribution in [0.2, 0.25) is 0 Å². The lowest BCUT2D eigenvalue weighted by Crippen LogP contribution is -2.29. The van der Waals surface area contributed by atoms with Crippen molar-refractivity contribution in [3.63, 3.8) is 0 Å². The summed E-state index contributed by atoms with van der Waals surface area (Å²) in [4.78, 5) is 23.3. The number of hydrogen-bond acceptors (Lipinski definition) is 3. The monoisotopic (exact) mass is 310 g/mol. The molecule has 0 amide bonds. The van der Waals surface area contributed by atoms with E-state index in [1.807, 2.05) is 0 Å². The SMILES string of the molecule is O=C(O)C1CCC(C(=O)OC2CCCCCCCCC2)CC1. The molecule has 0 aliphatic heterocycles. The van der Waals surface area contributed by atoms with E-state index in [-0.39, 0.29) is 23.9 Å². The van der Waals surface area contributed by atoms with Gasteiger partial charge in [-0.25, -0.2) is 0 Å². The lowest BCUT2D eigenvalue weighted by atomic mass is 9.82. The molecular weight excluding hydrogens is 280 g/mol. The average molecular weight is 310 g/mol. The molecule has 0 aromatic heterocycles. The summed E-state index contributed by atoms with van der Waals surface area (Å²) in [6, 6.07) is 0. The van der Waals surface area contributed by atoms with Gasteiger partial charge in [0.15, 0.2) is 0 Å². The predicted molar refractivity (Wildman–Crippen MR) is 84.5 cm³/mol. The van der Waals surface area contributed by atoms with Gasteiger partial charge in [-0.3, -0.25) is 9.59 Å². The fraction of sp³-hybridized carbons (Fsp3) is 0.889. The number of aliphatic carboxylic acids is 1. The van der Waals surface area contributed by atoms with Crippen LogP contribution in [0.1, 0.15) is 83.5 Å². The molecule has 0 spiro atoms. The third-order valence-corrected chi connectivity index (χ3v) is 5.24. The highest BCUT2D eigenvalue weighted by atomic mass is 16.5. The summed E-state index contributed by atoms with van der Waals surface area (Å²) in [6.07, 6.45) is 13.4. The zero-order chi connectivity index (χ0) is 15.8. The number of carbonyl (C=O) groups excluding carboxylic acids is 1. The molecule has 0 saturated heterocycles. The number of rotatable bonds is 3. The van der Waals surface area contributed by atoms with Crippen LogP contribution in [0.5, 0.6) is 0 Å². The Morgan fingerprint density at radius 2 is 1.14 bits per heavy atom. The van der Waals surface area contributed by atoms with E-state index < -0.39 is 5.97 Å². The maximum Gasteiger partial charge on any atom is 0.309 e. The van der Waals surface area contributed by atoms with Crippen LogP contribution in [0, 0.1) is 11.8 Å². The second-order valence-corrected chi connectivity index (χ2v) is 7.00. The lowest BCUT2D eigenvalue weighted by Gasteiger charge is -2.27. The van der Waals surface area contributed by atoms with E-state index in [0.717, 1.165) is 25.7 Å². The first-order valence-corrected chi connectivity index (χ1v) is 9.10. The van der Waals surface area contributed by atoms with Gasteiger partial charge in [0.05, 0.1) is 11.8 Å². The Bertz CT molecular complexity index is 348. The van der Waals surface area contributed by atoms with E-state index in [0.29, 0.717) is 25.7 Å². The molecule has 2 aliphatic rings.